The van der Waals surface area contributed by atoms with E-state index in [0.717, 1.165) is 0 Å². The number of amides is 1. The number of Topliss-reactive ketones (excluding diaryl/α,β-unsaturated/α-hetero) is 1. The van der Waals surface area contributed by atoms with Gasteiger partial charge in [-0.2, -0.15) is 0 Å². The van der Waals surface area contributed by atoms with Crippen LogP contribution in [-0.4, -0.2) is 37.5 Å². The van der Waals surface area contributed by atoms with E-state index in [-0.39, 0.29) is 18.1 Å². The third-order valence-electron chi connectivity index (χ3n) is 3.61. The van der Waals surface area contributed by atoms with Crippen molar-refractivity contribution in [2.75, 3.05) is 13.7 Å². The zero-order valence-corrected chi connectivity index (χ0v) is 15.3. The predicted octanol–water partition coefficient (Wildman–Crippen LogP) is 2.12. The maximum Gasteiger partial charge on any atom is 0.344 e. The van der Waals surface area contributed by atoms with Crippen LogP contribution >= 0.6 is 0 Å². The smallest absolute Gasteiger partial charge is 0.344 e. The molecule has 1 aromatic carbocycles. The van der Waals surface area contributed by atoms with Gasteiger partial charge < -0.3 is 23.9 Å². The third-order valence-corrected chi connectivity index (χ3v) is 3.61. The summed E-state index contributed by atoms with van der Waals surface area (Å²) in [6.07, 6.45) is 0.512. The second-order valence-corrected chi connectivity index (χ2v) is 5.64. The molecule has 2 aromatic rings. The lowest BCUT2D eigenvalue weighted by molar-refractivity contribution is -0.156. The largest absolute Gasteiger partial charge is 0.493 e. The van der Waals surface area contributed by atoms with Crippen LogP contribution in [0.15, 0.2) is 41.0 Å². The molecule has 0 aliphatic carbocycles. The van der Waals surface area contributed by atoms with Crippen molar-refractivity contribution in [3.05, 3.63) is 47.9 Å². The standard InChI is InChI=1S/C19H21NO7/c1-12(21)14-6-7-16(17(9-14)24-3)26-11-18(22)27-13(2)19(23)20-10-15-5-4-8-25-15/h4-9,13H,10-11H2,1-3H3,(H,20,23)/t13-/m0/s1. The number of ketones is 1. The van der Waals surface area contributed by atoms with Crippen LogP contribution < -0.4 is 14.8 Å². The molecule has 0 unspecified atom stereocenters. The minimum absolute atomic E-state index is 0.117. The second-order valence-electron chi connectivity index (χ2n) is 5.64. The lowest BCUT2D eigenvalue weighted by atomic mass is 10.1. The van der Waals surface area contributed by atoms with Crippen LogP contribution in [0.1, 0.15) is 30.0 Å². The van der Waals surface area contributed by atoms with E-state index in [9.17, 15) is 14.4 Å². The molecule has 0 aliphatic rings. The van der Waals surface area contributed by atoms with Gasteiger partial charge in [-0.1, -0.05) is 0 Å². The summed E-state index contributed by atoms with van der Waals surface area (Å²) in [6.45, 7) is 2.68. The van der Waals surface area contributed by atoms with Crippen molar-refractivity contribution in [2.24, 2.45) is 0 Å². The minimum atomic E-state index is -0.988. The van der Waals surface area contributed by atoms with Crippen LogP contribution in [0, 0.1) is 0 Å². The fourth-order valence-electron chi connectivity index (χ4n) is 2.16. The zero-order chi connectivity index (χ0) is 19.8. The molecule has 0 aliphatic heterocycles. The lowest BCUT2D eigenvalue weighted by Crippen LogP contribution is -2.36. The number of carbonyl (C=O) groups is 3. The summed E-state index contributed by atoms with van der Waals surface area (Å²) in [5.41, 5.74) is 0.462. The maximum absolute atomic E-state index is 11.9. The number of methoxy groups -OCH3 is 1. The Labute approximate surface area is 156 Å². The number of rotatable bonds is 9. The van der Waals surface area contributed by atoms with E-state index in [1.54, 1.807) is 18.2 Å². The summed E-state index contributed by atoms with van der Waals surface area (Å²) >= 11 is 0. The molecule has 1 aromatic heterocycles. The second kappa shape index (κ2) is 9.42. The molecule has 0 saturated heterocycles. The van der Waals surface area contributed by atoms with Gasteiger partial charge in [0.1, 0.15) is 5.76 Å². The van der Waals surface area contributed by atoms with E-state index in [1.165, 1.54) is 39.4 Å². The van der Waals surface area contributed by atoms with Crippen molar-refractivity contribution in [3.8, 4) is 11.5 Å². The fraction of sp³-hybridized carbons (Fsp3) is 0.316. The molecule has 1 amide bonds. The molecular formula is C19H21NO7. The summed E-state index contributed by atoms with van der Waals surface area (Å²) in [6, 6.07) is 8.04. The Kier molecular flexibility index (Phi) is 6.99. The normalized spacial score (nSPS) is 11.4. The molecular weight excluding hydrogens is 354 g/mol. The van der Waals surface area contributed by atoms with Crippen molar-refractivity contribution in [1.82, 2.24) is 5.32 Å². The fourth-order valence-corrected chi connectivity index (χ4v) is 2.16. The van der Waals surface area contributed by atoms with Gasteiger partial charge in [0.25, 0.3) is 5.91 Å². The average molecular weight is 375 g/mol. The van der Waals surface area contributed by atoms with Crippen LogP contribution in [0.3, 0.4) is 0 Å². The van der Waals surface area contributed by atoms with Crippen molar-refractivity contribution in [1.29, 1.82) is 0 Å². The number of nitrogens with one attached hydrogen (secondary N) is 1. The predicted molar refractivity (Wildman–Crippen MR) is 94.6 cm³/mol. The Morgan fingerprint density at radius 3 is 2.59 bits per heavy atom. The van der Waals surface area contributed by atoms with Crippen LogP contribution in [0.5, 0.6) is 11.5 Å². The molecule has 0 radical (unpaired) electrons. The molecule has 1 heterocycles. The molecule has 0 spiro atoms. The SMILES string of the molecule is COc1cc(C(C)=O)ccc1OCC(=O)O[C@@H](C)C(=O)NCc1ccco1. The van der Waals surface area contributed by atoms with Crippen molar-refractivity contribution in [2.45, 2.75) is 26.5 Å². The third kappa shape index (κ3) is 5.88. The number of furan rings is 1. The molecule has 0 saturated carbocycles. The Morgan fingerprint density at radius 2 is 1.96 bits per heavy atom. The van der Waals surface area contributed by atoms with Gasteiger partial charge in [0.05, 0.1) is 19.9 Å². The maximum atomic E-state index is 11.9. The van der Waals surface area contributed by atoms with Gasteiger partial charge in [-0.05, 0) is 44.2 Å². The summed E-state index contributed by atoms with van der Waals surface area (Å²) in [5, 5.41) is 2.60. The molecule has 27 heavy (non-hydrogen) atoms. The first-order valence-corrected chi connectivity index (χ1v) is 8.22. The summed E-state index contributed by atoms with van der Waals surface area (Å²) in [7, 11) is 1.43. The number of esters is 1. The summed E-state index contributed by atoms with van der Waals surface area (Å²) < 4.78 is 20.7. The van der Waals surface area contributed by atoms with Crippen LogP contribution in [0.25, 0.3) is 0 Å². The van der Waals surface area contributed by atoms with Crippen LogP contribution in [-0.2, 0) is 20.9 Å². The monoisotopic (exact) mass is 375 g/mol. The van der Waals surface area contributed by atoms with Gasteiger partial charge in [0, 0.05) is 5.56 Å². The molecule has 8 nitrogen and oxygen atoms in total. The Morgan fingerprint density at radius 1 is 1.19 bits per heavy atom. The van der Waals surface area contributed by atoms with Gasteiger partial charge in [0.2, 0.25) is 0 Å². The van der Waals surface area contributed by atoms with Gasteiger partial charge in [-0.3, -0.25) is 9.59 Å². The highest BCUT2D eigenvalue weighted by molar-refractivity contribution is 5.94. The van der Waals surface area contributed by atoms with E-state index < -0.39 is 24.6 Å². The quantitative estimate of drug-likeness (QED) is 0.529. The molecule has 0 fully saturated rings. The molecule has 144 valence electrons. The van der Waals surface area contributed by atoms with E-state index >= 15 is 0 Å². The number of hydrogen-bond acceptors (Lipinski definition) is 7. The van der Waals surface area contributed by atoms with Crippen LogP contribution in [0.2, 0.25) is 0 Å². The molecule has 1 atom stereocenters. The number of hydrogen-bond donors (Lipinski definition) is 1. The van der Waals surface area contributed by atoms with E-state index in [2.05, 4.69) is 5.32 Å². The molecule has 8 heteroatoms. The zero-order valence-electron chi connectivity index (χ0n) is 15.3. The molecule has 2 rings (SSSR count). The van der Waals surface area contributed by atoms with Crippen molar-refractivity contribution < 1.29 is 33.0 Å². The first-order valence-electron chi connectivity index (χ1n) is 8.22. The highest BCUT2D eigenvalue weighted by Gasteiger charge is 2.19. The first kappa shape index (κ1) is 20.0. The first-order chi connectivity index (χ1) is 12.9. The van der Waals surface area contributed by atoms with E-state index in [4.69, 9.17) is 18.6 Å². The summed E-state index contributed by atoms with van der Waals surface area (Å²) in [5.74, 6) is -0.0921. The van der Waals surface area contributed by atoms with E-state index in [1.807, 2.05) is 0 Å². The number of benzene rings is 1. The van der Waals surface area contributed by atoms with Gasteiger partial charge in [-0.25, -0.2) is 4.79 Å². The number of carbonyl (C=O) groups excluding carboxylic acids is 3. The lowest BCUT2D eigenvalue weighted by Gasteiger charge is -2.14. The average Bonchev–Trinajstić information content (AvgIpc) is 3.17. The van der Waals surface area contributed by atoms with Gasteiger partial charge >= 0.3 is 5.97 Å². The Hall–Kier alpha value is -3.29. The minimum Gasteiger partial charge on any atom is -0.493 e. The Balaban J connectivity index is 1.83. The Bertz CT molecular complexity index is 798. The van der Waals surface area contributed by atoms with Crippen LogP contribution in [0.4, 0.5) is 0 Å². The van der Waals surface area contributed by atoms with Gasteiger partial charge in [-0.15, -0.1) is 0 Å². The van der Waals surface area contributed by atoms with E-state index in [0.29, 0.717) is 17.1 Å². The molecule has 1 N–H and O–H groups in total. The topological polar surface area (TPSA) is 104 Å². The molecule has 0 bridgehead atoms. The summed E-state index contributed by atoms with van der Waals surface area (Å²) in [4.78, 5) is 35.2. The van der Waals surface area contributed by atoms with Crippen molar-refractivity contribution in [3.63, 3.8) is 0 Å². The highest BCUT2D eigenvalue weighted by atomic mass is 16.6. The van der Waals surface area contributed by atoms with Gasteiger partial charge in [0.15, 0.2) is 30.0 Å². The van der Waals surface area contributed by atoms with Crippen molar-refractivity contribution >= 4 is 17.7 Å². The number of ether oxygens (including phenoxy) is 3. The highest BCUT2D eigenvalue weighted by Crippen LogP contribution is 2.28.